The number of likely N-dealkylation sites (N-methyl/N-ethyl adjacent to an activating group) is 1. The monoisotopic (exact) mass is 523 g/mol. The summed E-state index contributed by atoms with van der Waals surface area (Å²) in [6.07, 6.45) is 5.68. The number of likely N-dealkylation sites (tertiary alicyclic amines) is 1. The van der Waals surface area contributed by atoms with Crippen molar-refractivity contribution in [1.29, 1.82) is 0 Å². The molecule has 33 heavy (non-hydrogen) atoms. The fraction of sp³-hybridized carbons (Fsp3) is 0.500. The second kappa shape index (κ2) is 14.7. The van der Waals surface area contributed by atoms with Gasteiger partial charge in [0.25, 0.3) is 5.91 Å². The molecule has 175 valence electrons. The molecule has 4 nitrogen and oxygen atoms in total. The van der Waals surface area contributed by atoms with E-state index in [2.05, 4.69) is 43.1 Å². The van der Waals surface area contributed by atoms with Crippen LogP contribution in [0.4, 0.5) is 11.4 Å². The summed E-state index contributed by atoms with van der Waals surface area (Å²) in [6, 6.07) is 14.0. The van der Waals surface area contributed by atoms with Crippen LogP contribution in [0.3, 0.4) is 0 Å². The minimum absolute atomic E-state index is 0. The Morgan fingerprint density at radius 2 is 1.61 bits per heavy atom. The third-order valence-corrected chi connectivity index (χ3v) is 6.70. The average Bonchev–Trinajstić information content (AvgIpc) is 2.81. The predicted molar refractivity (Wildman–Crippen MR) is 135 cm³/mol. The fourth-order valence-electron chi connectivity index (χ4n) is 4.86. The molecular weight excluding hydrogens is 483 g/mol. The molecule has 1 atom stereocenters. The second-order valence-electron chi connectivity index (χ2n) is 9.06. The van der Waals surface area contributed by atoms with Gasteiger partial charge in [0, 0.05) is 44.8 Å². The van der Waals surface area contributed by atoms with Crippen molar-refractivity contribution >= 4 is 17.3 Å². The summed E-state index contributed by atoms with van der Waals surface area (Å²) in [5, 5.41) is 3.21. The number of anilines is 1. The van der Waals surface area contributed by atoms with E-state index in [9.17, 15) is 4.79 Å². The van der Waals surface area contributed by atoms with E-state index in [1.807, 2.05) is 44.2 Å². The molecule has 1 unspecified atom stereocenters. The molecule has 0 bridgehead atoms. The van der Waals surface area contributed by atoms with Gasteiger partial charge in [-0.2, -0.15) is 0 Å². The van der Waals surface area contributed by atoms with Crippen LogP contribution in [-0.4, -0.2) is 36.1 Å². The van der Waals surface area contributed by atoms with Crippen LogP contribution in [0.2, 0.25) is 0 Å². The van der Waals surface area contributed by atoms with E-state index in [1.165, 1.54) is 24.8 Å². The first-order chi connectivity index (χ1) is 15.4. The van der Waals surface area contributed by atoms with Crippen molar-refractivity contribution in [3.8, 4) is 0 Å². The number of carbonyl (C=O) groups is 1. The molecule has 2 aromatic rings. The Labute approximate surface area is 226 Å². The summed E-state index contributed by atoms with van der Waals surface area (Å²) >= 11 is 0. The Morgan fingerprint density at radius 3 is 2.03 bits per heavy atom. The number of carbonyl (C=O) groups excluding carboxylic acids is 1. The van der Waals surface area contributed by atoms with Crippen molar-refractivity contribution in [3.05, 3.63) is 70.6 Å². The van der Waals surface area contributed by atoms with Crippen molar-refractivity contribution in [2.75, 3.05) is 25.0 Å². The van der Waals surface area contributed by atoms with Gasteiger partial charge in [-0.25, -0.2) is 4.85 Å². The molecule has 1 N–H and O–H groups in total. The second-order valence-corrected chi connectivity index (χ2v) is 9.06. The van der Waals surface area contributed by atoms with E-state index in [1.54, 1.807) is 0 Å². The topological polar surface area (TPSA) is 33.5 Å². The number of quaternary nitrogens is 1. The van der Waals surface area contributed by atoms with E-state index in [-0.39, 0.29) is 44.7 Å². The van der Waals surface area contributed by atoms with Gasteiger partial charge in [0.05, 0.1) is 26.2 Å². The molecule has 1 radical (unpaired) electrons. The minimum Gasteiger partial charge on any atom is -0.321 e. The molecule has 2 aromatic carbocycles. The van der Waals surface area contributed by atoms with E-state index in [0.29, 0.717) is 5.69 Å². The minimum atomic E-state index is 0. The Hall–Kier alpha value is -1.54. The summed E-state index contributed by atoms with van der Waals surface area (Å²) in [6.45, 7) is 20.9. The summed E-state index contributed by atoms with van der Waals surface area (Å²) < 4.78 is 0.928. The van der Waals surface area contributed by atoms with Crippen molar-refractivity contribution in [3.63, 3.8) is 0 Å². The maximum absolute atomic E-state index is 13.2. The van der Waals surface area contributed by atoms with E-state index in [0.717, 1.165) is 53.8 Å². The number of hydrogen-bond donors (Lipinski definition) is 1. The number of amides is 1. The number of nitrogens with one attached hydrogen (secondary N) is 1. The average molecular weight is 524 g/mol. The molecule has 0 aliphatic carbocycles. The van der Waals surface area contributed by atoms with Gasteiger partial charge in [-0.1, -0.05) is 55.0 Å². The van der Waals surface area contributed by atoms with Crippen molar-refractivity contribution < 1.29 is 42.0 Å². The van der Waals surface area contributed by atoms with Gasteiger partial charge >= 0.3 is 0 Å². The first-order valence-electron chi connectivity index (χ1n) is 12.0. The normalized spacial score (nSPS) is 15.2. The van der Waals surface area contributed by atoms with Crippen LogP contribution in [0.1, 0.15) is 62.6 Å². The molecule has 1 aliphatic heterocycles. The number of benzene rings is 2. The van der Waals surface area contributed by atoms with E-state index in [4.69, 9.17) is 6.57 Å². The van der Waals surface area contributed by atoms with Crippen LogP contribution >= 0.6 is 0 Å². The molecule has 1 amide bonds. The molecule has 5 heteroatoms. The van der Waals surface area contributed by atoms with Gasteiger partial charge in [0.2, 0.25) is 0 Å². The first-order valence-corrected chi connectivity index (χ1v) is 12.0. The molecule has 3 rings (SSSR count). The van der Waals surface area contributed by atoms with E-state index >= 15 is 0 Å². The number of piperidine rings is 1. The molecule has 1 heterocycles. The zero-order chi connectivity index (χ0) is 23.6. The Bertz CT molecular complexity index is 891. The van der Waals surface area contributed by atoms with E-state index < -0.39 is 0 Å². The van der Waals surface area contributed by atoms with Crippen molar-refractivity contribution in [1.82, 2.24) is 0 Å². The van der Waals surface area contributed by atoms with Crippen LogP contribution in [-0.2, 0) is 37.5 Å². The standard InChI is InChI=1S/C21H31N3O.C7H8.Y/c1-6-11-19(24(7-2)12-9-8-10-13-24)21(25)23-20-16(3)14-18(22-5)15-17(20)4;1-7-5-3-2-4-6-7;/h14-15,19H,6-13H2,1-4H3;2-6H,1H3;/p+1. The number of hydrogen-bond acceptors (Lipinski definition) is 1. The SMILES string of the molecule is Cc1ccccc1.[C-]#[N+]c1cc(C)c(NC(=O)C(CCC)[N+]2(CC)CCCCC2)c(C)c1.[Y]. The summed E-state index contributed by atoms with van der Waals surface area (Å²) in [4.78, 5) is 16.7. The van der Waals surface area contributed by atoms with Crippen LogP contribution < -0.4 is 5.32 Å². The molecule has 0 spiro atoms. The maximum atomic E-state index is 13.2. The van der Waals surface area contributed by atoms with Crippen molar-refractivity contribution in [2.24, 2.45) is 0 Å². The Morgan fingerprint density at radius 1 is 1.03 bits per heavy atom. The molecule has 0 saturated carbocycles. The number of aryl methyl sites for hydroxylation is 3. The largest absolute Gasteiger partial charge is 0.321 e. The van der Waals surface area contributed by atoms with Crippen LogP contribution in [0.15, 0.2) is 42.5 Å². The van der Waals surface area contributed by atoms with Gasteiger partial charge in [0.1, 0.15) is 0 Å². The first kappa shape index (κ1) is 29.5. The molecule has 1 saturated heterocycles. The number of nitrogens with zero attached hydrogens (tertiary/aromatic N) is 2. The zero-order valence-corrected chi connectivity index (χ0v) is 24.0. The third-order valence-electron chi connectivity index (χ3n) is 6.70. The fourth-order valence-corrected chi connectivity index (χ4v) is 4.86. The van der Waals surface area contributed by atoms with Crippen LogP contribution in [0, 0.1) is 27.3 Å². The summed E-state index contributed by atoms with van der Waals surface area (Å²) in [7, 11) is 0. The Balaban J connectivity index is 0.000000581. The van der Waals surface area contributed by atoms with Gasteiger partial charge in [-0.15, -0.1) is 0 Å². The predicted octanol–water partition coefficient (Wildman–Crippen LogP) is 6.97. The van der Waals surface area contributed by atoms with Crippen molar-refractivity contribution in [2.45, 2.75) is 72.8 Å². The Kier molecular flexibility index (Phi) is 13.1. The van der Waals surface area contributed by atoms with Gasteiger partial charge in [-0.3, -0.25) is 4.79 Å². The smallest absolute Gasteiger partial charge is 0.282 e. The number of rotatable bonds is 6. The maximum Gasteiger partial charge on any atom is 0.282 e. The van der Waals surface area contributed by atoms with Gasteiger partial charge in [-0.05, 0) is 64.5 Å². The molecule has 1 aliphatic rings. The van der Waals surface area contributed by atoms with Gasteiger partial charge in [0.15, 0.2) is 11.7 Å². The summed E-state index contributed by atoms with van der Waals surface area (Å²) in [5.41, 5.74) is 4.77. The third kappa shape index (κ3) is 8.32. The quantitative estimate of drug-likeness (QED) is 0.322. The zero-order valence-electron chi connectivity index (χ0n) is 21.2. The molecule has 1 fully saturated rings. The van der Waals surface area contributed by atoms with Crippen LogP contribution in [0.25, 0.3) is 4.85 Å². The summed E-state index contributed by atoms with van der Waals surface area (Å²) in [5.74, 6) is 0.146. The van der Waals surface area contributed by atoms with Gasteiger partial charge < -0.3 is 9.80 Å². The van der Waals surface area contributed by atoms with Crippen LogP contribution in [0.5, 0.6) is 0 Å². The molecule has 0 aromatic heterocycles. The molecular formula is C28H40N3OY+.